The number of benzene rings is 1. The zero-order valence-corrected chi connectivity index (χ0v) is 11.9. The lowest BCUT2D eigenvalue weighted by Gasteiger charge is -2.29. The predicted molar refractivity (Wildman–Crippen MR) is 77.0 cm³/mol. The lowest BCUT2D eigenvalue weighted by atomic mass is 9.98. The van der Waals surface area contributed by atoms with E-state index >= 15 is 0 Å². The highest BCUT2D eigenvalue weighted by Crippen LogP contribution is 2.29. The van der Waals surface area contributed by atoms with Crippen LogP contribution in [-0.4, -0.2) is 36.6 Å². The smallest absolute Gasteiger partial charge is 0.238 e. The van der Waals surface area contributed by atoms with Gasteiger partial charge in [0.15, 0.2) is 0 Å². The van der Waals surface area contributed by atoms with Gasteiger partial charge in [-0.15, -0.1) is 0 Å². The molecule has 3 atom stereocenters. The monoisotopic (exact) mass is 274 g/mol. The zero-order valence-electron chi connectivity index (χ0n) is 11.9. The van der Waals surface area contributed by atoms with Gasteiger partial charge in [0.05, 0.1) is 12.6 Å². The SMILES string of the molecule is CCC1OCCC1CN1C(=O)CNC1c1ccccc1. The fourth-order valence-corrected chi connectivity index (χ4v) is 3.29. The molecule has 2 aliphatic heterocycles. The first-order valence-corrected chi connectivity index (χ1v) is 7.49. The Morgan fingerprint density at radius 2 is 2.15 bits per heavy atom. The molecule has 0 spiro atoms. The van der Waals surface area contributed by atoms with Crippen molar-refractivity contribution in [2.45, 2.75) is 32.0 Å². The number of hydrogen-bond donors (Lipinski definition) is 1. The lowest BCUT2D eigenvalue weighted by molar-refractivity contribution is -0.128. The van der Waals surface area contributed by atoms with Gasteiger partial charge in [-0.2, -0.15) is 0 Å². The van der Waals surface area contributed by atoms with Crippen LogP contribution in [0.3, 0.4) is 0 Å². The average Bonchev–Trinajstić information content (AvgIpc) is 3.08. The number of nitrogens with one attached hydrogen (secondary N) is 1. The third-order valence-electron chi connectivity index (χ3n) is 4.37. The summed E-state index contributed by atoms with van der Waals surface area (Å²) in [6.07, 6.45) is 2.40. The van der Waals surface area contributed by atoms with Crippen LogP contribution >= 0.6 is 0 Å². The second-order valence-electron chi connectivity index (χ2n) is 5.61. The molecule has 1 aromatic rings. The van der Waals surface area contributed by atoms with Gasteiger partial charge in [0, 0.05) is 19.1 Å². The minimum atomic E-state index is 0.0156. The number of carbonyl (C=O) groups is 1. The van der Waals surface area contributed by atoms with E-state index in [0.717, 1.165) is 31.6 Å². The summed E-state index contributed by atoms with van der Waals surface area (Å²) in [5, 5.41) is 3.32. The Kier molecular flexibility index (Phi) is 4.03. The van der Waals surface area contributed by atoms with Crippen LogP contribution in [0.15, 0.2) is 30.3 Å². The summed E-state index contributed by atoms with van der Waals surface area (Å²) >= 11 is 0. The van der Waals surface area contributed by atoms with E-state index < -0.39 is 0 Å². The van der Waals surface area contributed by atoms with Crippen molar-refractivity contribution in [1.29, 1.82) is 0 Å². The molecule has 0 radical (unpaired) electrons. The van der Waals surface area contributed by atoms with E-state index in [-0.39, 0.29) is 12.1 Å². The van der Waals surface area contributed by atoms with E-state index in [2.05, 4.69) is 24.4 Å². The Balaban J connectivity index is 1.74. The number of carbonyl (C=O) groups excluding carboxylic acids is 1. The Hall–Kier alpha value is -1.39. The summed E-state index contributed by atoms with van der Waals surface area (Å²) in [5.74, 6) is 0.663. The highest BCUT2D eigenvalue weighted by Gasteiger charge is 2.36. The van der Waals surface area contributed by atoms with Crippen molar-refractivity contribution in [2.75, 3.05) is 19.7 Å². The number of nitrogens with zero attached hydrogens (tertiary/aromatic N) is 1. The van der Waals surface area contributed by atoms with Crippen LogP contribution in [-0.2, 0) is 9.53 Å². The molecule has 4 nitrogen and oxygen atoms in total. The van der Waals surface area contributed by atoms with Crippen LogP contribution in [0.5, 0.6) is 0 Å². The summed E-state index contributed by atoms with van der Waals surface area (Å²) in [4.78, 5) is 14.1. The second kappa shape index (κ2) is 5.94. The normalized spacial score (nSPS) is 30.1. The van der Waals surface area contributed by atoms with Gasteiger partial charge in [0.25, 0.3) is 0 Å². The first-order chi connectivity index (χ1) is 9.79. The third kappa shape index (κ3) is 2.58. The molecule has 0 bridgehead atoms. The molecule has 20 heavy (non-hydrogen) atoms. The number of rotatable bonds is 4. The molecular formula is C16H22N2O2. The molecular weight excluding hydrogens is 252 g/mol. The molecule has 3 rings (SSSR count). The molecule has 4 heteroatoms. The fraction of sp³-hybridized carbons (Fsp3) is 0.562. The van der Waals surface area contributed by atoms with E-state index in [1.54, 1.807) is 0 Å². The van der Waals surface area contributed by atoms with E-state index in [1.807, 2.05) is 23.1 Å². The van der Waals surface area contributed by atoms with Gasteiger partial charge in [-0.1, -0.05) is 37.3 Å². The van der Waals surface area contributed by atoms with Crippen LogP contribution in [0.1, 0.15) is 31.5 Å². The molecule has 0 saturated carbocycles. The second-order valence-corrected chi connectivity index (χ2v) is 5.61. The van der Waals surface area contributed by atoms with E-state index in [1.165, 1.54) is 0 Å². The fourth-order valence-electron chi connectivity index (χ4n) is 3.29. The first-order valence-electron chi connectivity index (χ1n) is 7.49. The van der Waals surface area contributed by atoms with Gasteiger partial charge < -0.3 is 9.64 Å². The van der Waals surface area contributed by atoms with Gasteiger partial charge in [-0.3, -0.25) is 10.1 Å². The standard InChI is InChI=1S/C16H22N2O2/c1-2-14-13(8-9-20-14)11-18-15(19)10-17-16(18)12-6-4-3-5-7-12/h3-7,13-14,16-17H,2,8-11H2,1H3. The minimum Gasteiger partial charge on any atom is -0.378 e. The molecule has 2 heterocycles. The summed E-state index contributed by atoms with van der Waals surface area (Å²) in [7, 11) is 0. The quantitative estimate of drug-likeness (QED) is 0.912. The Bertz CT molecular complexity index is 463. The van der Waals surface area contributed by atoms with Crippen LogP contribution in [0, 0.1) is 5.92 Å². The number of hydrogen-bond acceptors (Lipinski definition) is 3. The Morgan fingerprint density at radius 3 is 2.90 bits per heavy atom. The van der Waals surface area contributed by atoms with Crippen molar-refractivity contribution in [3.05, 3.63) is 35.9 Å². The maximum Gasteiger partial charge on any atom is 0.238 e. The van der Waals surface area contributed by atoms with Crippen molar-refractivity contribution in [3.8, 4) is 0 Å². The molecule has 3 unspecified atom stereocenters. The predicted octanol–water partition coefficient (Wildman–Crippen LogP) is 1.93. The molecule has 108 valence electrons. The van der Waals surface area contributed by atoms with E-state index in [9.17, 15) is 4.79 Å². The molecule has 2 aliphatic rings. The van der Waals surface area contributed by atoms with Gasteiger partial charge >= 0.3 is 0 Å². The van der Waals surface area contributed by atoms with Crippen LogP contribution < -0.4 is 5.32 Å². The third-order valence-corrected chi connectivity index (χ3v) is 4.37. The number of ether oxygens (including phenoxy) is 1. The van der Waals surface area contributed by atoms with Crippen molar-refractivity contribution in [1.82, 2.24) is 10.2 Å². The largest absolute Gasteiger partial charge is 0.378 e. The highest BCUT2D eigenvalue weighted by atomic mass is 16.5. The van der Waals surface area contributed by atoms with Gasteiger partial charge in [-0.25, -0.2) is 0 Å². The summed E-state index contributed by atoms with van der Waals surface area (Å²) in [5.41, 5.74) is 1.16. The molecule has 0 aromatic heterocycles. The molecule has 2 fully saturated rings. The maximum atomic E-state index is 12.2. The molecule has 1 aromatic carbocycles. The van der Waals surface area contributed by atoms with Gasteiger partial charge in [0.1, 0.15) is 6.17 Å². The Labute approximate surface area is 120 Å². The molecule has 0 aliphatic carbocycles. The molecule has 1 N–H and O–H groups in total. The first kappa shape index (κ1) is 13.6. The minimum absolute atomic E-state index is 0.0156. The van der Waals surface area contributed by atoms with E-state index in [4.69, 9.17) is 4.74 Å². The maximum absolute atomic E-state index is 12.2. The zero-order chi connectivity index (χ0) is 13.9. The lowest BCUT2D eigenvalue weighted by Crippen LogP contribution is -2.37. The highest BCUT2D eigenvalue weighted by molar-refractivity contribution is 5.81. The van der Waals surface area contributed by atoms with Crippen LogP contribution in [0.4, 0.5) is 0 Å². The summed E-state index contributed by atoms with van der Waals surface area (Å²) in [6.45, 7) is 4.21. The van der Waals surface area contributed by atoms with Gasteiger partial charge in [0.2, 0.25) is 5.91 Å². The Morgan fingerprint density at radius 1 is 1.35 bits per heavy atom. The van der Waals surface area contributed by atoms with Crippen molar-refractivity contribution in [2.24, 2.45) is 5.92 Å². The van der Waals surface area contributed by atoms with Gasteiger partial charge in [-0.05, 0) is 18.4 Å². The molecule has 2 saturated heterocycles. The summed E-state index contributed by atoms with van der Waals surface area (Å²) < 4.78 is 5.74. The molecule has 1 amide bonds. The van der Waals surface area contributed by atoms with Crippen LogP contribution in [0.2, 0.25) is 0 Å². The van der Waals surface area contributed by atoms with Crippen molar-refractivity contribution >= 4 is 5.91 Å². The van der Waals surface area contributed by atoms with Crippen molar-refractivity contribution in [3.63, 3.8) is 0 Å². The van der Waals surface area contributed by atoms with E-state index in [0.29, 0.717) is 18.6 Å². The number of amides is 1. The average molecular weight is 274 g/mol. The topological polar surface area (TPSA) is 41.6 Å². The summed E-state index contributed by atoms with van der Waals surface area (Å²) in [6, 6.07) is 10.2. The van der Waals surface area contributed by atoms with Crippen LogP contribution in [0.25, 0.3) is 0 Å². The van der Waals surface area contributed by atoms with Crippen molar-refractivity contribution < 1.29 is 9.53 Å².